The topological polar surface area (TPSA) is 78.1 Å². The second-order valence-electron chi connectivity index (χ2n) is 4.85. The predicted molar refractivity (Wildman–Crippen MR) is 71.6 cm³/mol. The fourth-order valence-electron chi connectivity index (χ4n) is 1.99. The SMILES string of the molecule is Cc1ccc2oc(-c3nc(CC(C)N)no3)cc2c1. The highest BCUT2D eigenvalue weighted by molar-refractivity contribution is 5.82. The first-order chi connectivity index (χ1) is 9.11. The van der Waals surface area contributed by atoms with Crippen LogP contribution in [0.25, 0.3) is 22.6 Å². The Labute approximate surface area is 110 Å². The molecule has 0 saturated carbocycles. The van der Waals surface area contributed by atoms with Gasteiger partial charge in [0.2, 0.25) is 0 Å². The molecule has 2 N–H and O–H groups in total. The van der Waals surface area contributed by atoms with Crippen LogP contribution in [0.1, 0.15) is 18.3 Å². The number of fused-ring (bicyclic) bond motifs is 1. The molecule has 3 aromatic rings. The van der Waals surface area contributed by atoms with Gasteiger partial charge in [-0.25, -0.2) is 0 Å². The number of aromatic nitrogens is 2. The Kier molecular flexibility index (Phi) is 2.83. The van der Waals surface area contributed by atoms with Crippen LogP contribution in [0.5, 0.6) is 0 Å². The molecule has 1 aromatic carbocycles. The molecular weight excluding hydrogens is 242 g/mol. The molecule has 0 aliphatic heterocycles. The highest BCUT2D eigenvalue weighted by Gasteiger charge is 2.14. The third kappa shape index (κ3) is 2.37. The molecule has 5 heteroatoms. The zero-order valence-corrected chi connectivity index (χ0v) is 10.9. The van der Waals surface area contributed by atoms with Crippen molar-refractivity contribution in [3.63, 3.8) is 0 Å². The van der Waals surface area contributed by atoms with Gasteiger partial charge in [-0.3, -0.25) is 0 Å². The van der Waals surface area contributed by atoms with Crippen molar-refractivity contribution in [2.45, 2.75) is 26.3 Å². The third-order valence-corrected chi connectivity index (χ3v) is 2.86. The molecule has 0 aliphatic rings. The Morgan fingerprint density at radius 1 is 1.32 bits per heavy atom. The molecule has 3 rings (SSSR count). The number of hydrogen-bond acceptors (Lipinski definition) is 5. The molecule has 0 radical (unpaired) electrons. The minimum Gasteiger partial charge on any atom is -0.451 e. The van der Waals surface area contributed by atoms with Crippen molar-refractivity contribution in [2.75, 3.05) is 0 Å². The largest absolute Gasteiger partial charge is 0.451 e. The summed E-state index contributed by atoms with van der Waals surface area (Å²) in [6.45, 7) is 3.94. The van der Waals surface area contributed by atoms with Gasteiger partial charge in [-0.05, 0) is 32.0 Å². The lowest BCUT2D eigenvalue weighted by Gasteiger charge is -1.96. The zero-order valence-electron chi connectivity index (χ0n) is 10.9. The maximum Gasteiger partial charge on any atom is 0.293 e. The first-order valence-corrected chi connectivity index (χ1v) is 6.20. The van der Waals surface area contributed by atoms with Crippen molar-refractivity contribution in [1.82, 2.24) is 10.1 Å². The fraction of sp³-hybridized carbons (Fsp3) is 0.286. The highest BCUT2D eigenvalue weighted by Crippen LogP contribution is 2.27. The summed E-state index contributed by atoms with van der Waals surface area (Å²) in [5.41, 5.74) is 7.70. The molecular formula is C14H15N3O2. The summed E-state index contributed by atoms with van der Waals surface area (Å²) in [5.74, 6) is 1.58. The van der Waals surface area contributed by atoms with Crippen molar-refractivity contribution in [1.29, 1.82) is 0 Å². The number of nitrogens with two attached hydrogens (primary N) is 1. The van der Waals surface area contributed by atoms with E-state index in [2.05, 4.69) is 16.2 Å². The third-order valence-electron chi connectivity index (χ3n) is 2.86. The lowest BCUT2D eigenvalue weighted by atomic mass is 10.2. The molecule has 0 saturated heterocycles. The van der Waals surface area contributed by atoms with E-state index in [4.69, 9.17) is 14.7 Å². The van der Waals surface area contributed by atoms with Gasteiger partial charge in [0.1, 0.15) is 5.58 Å². The highest BCUT2D eigenvalue weighted by atomic mass is 16.5. The first-order valence-electron chi connectivity index (χ1n) is 6.20. The van der Waals surface area contributed by atoms with Crippen molar-refractivity contribution in [3.05, 3.63) is 35.7 Å². The minimum atomic E-state index is 0.00349. The Morgan fingerprint density at radius 3 is 2.95 bits per heavy atom. The van der Waals surface area contributed by atoms with E-state index < -0.39 is 0 Å². The van der Waals surface area contributed by atoms with Gasteiger partial charge in [-0.15, -0.1) is 0 Å². The van der Waals surface area contributed by atoms with Crippen LogP contribution in [0.4, 0.5) is 0 Å². The predicted octanol–water partition coefficient (Wildman–Crippen LogP) is 2.68. The number of nitrogens with zero attached hydrogens (tertiary/aromatic N) is 2. The maximum atomic E-state index is 5.71. The van der Waals surface area contributed by atoms with E-state index in [1.807, 2.05) is 32.0 Å². The van der Waals surface area contributed by atoms with E-state index in [1.165, 1.54) is 5.56 Å². The first kappa shape index (κ1) is 11.9. The van der Waals surface area contributed by atoms with Crippen LogP contribution in [0, 0.1) is 6.92 Å². The van der Waals surface area contributed by atoms with Crippen LogP contribution in [0.2, 0.25) is 0 Å². The Bertz CT molecular complexity index is 712. The van der Waals surface area contributed by atoms with Crippen LogP contribution >= 0.6 is 0 Å². The molecule has 2 aromatic heterocycles. The fourth-order valence-corrected chi connectivity index (χ4v) is 1.99. The lowest BCUT2D eigenvalue weighted by molar-refractivity contribution is 0.410. The summed E-state index contributed by atoms with van der Waals surface area (Å²) in [5, 5.41) is 4.92. The van der Waals surface area contributed by atoms with Gasteiger partial charge in [0.05, 0.1) is 0 Å². The van der Waals surface area contributed by atoms with E-state index in [9.17, 15) is 0 Å². The van der Waals surface area contributed by atoms with Gasteiger partial charge in [0.25, 0.3) is 5.89 Å². The normalized spacial score (nSPS) is 13.0. The van der Waals surface area contributed by atoms with Gasteiger partial charge in [-0.2, -0.15) is 4.98 Å². The Balaban J connectivity index is 1.97. The van der Waals surface area contributed by atoms with E-state index in [0.29, 0.717) is 23.9 Å². The zero-order chi connectivity index (χ0) is 13.4. The average Bonchev–Trinajstić information content (AvgIpc) is 2.93. The van der Waals surface area contributed by atoms with Crippen molar-refractivity contribution >= 4 is 11.0 Å². The van der Waals surface area contributed by atoms with Crippen molar-refractivity contribution in [3.8, 4) is 11.7 Å². The van der Waals surface area contributed by atoms with Crippen molar-refractivity contribution < 1.29 is 8.94 Å². The van der Waals surface area contributed by atoms with Crippen LogP contribution in [0.15, 0.2) is 33.2 Å². The van der Waals surface area contributed by atoms with E-state index in [1.54, 1.807) is 0 Å². The Morgan fingerprint density at radius 2 is 2.16 bits per heavy atom. The minimum absolute atomic E-state index is 0.00349. The standard InChI is InChI=1S/C14H15N3O2/c1-8-3-4-11-10(5-8)7-12(18-11)14-16-13(17-19-14)6-9(2)15/h3-5,7,9H,6,15H2,1-2H3. The summed E-state index contributed by atoms with van der Waals surface area (Å²) in [7, 11) is 0. The number of furan rings is 1. The van der Waals surface area contributed by atoms with E-state index in [-0.39, 0.29) is 6.04 Å². The smallest absolute Gasteiger partial charge is 0.293 e. The van der Waals surface area contributed by atoms with Crippen LogP contribution < -0.4 is 5.73 Å². The second kappa shape index (κ2) is 4.51. The average molecular weight is 257 g/mol. The molecule has 0 aliphatic carbocycles. The van der Waals surface area contributed by atoms with Gasteiger partial charge in [0.15, 0.2) is 11.6 Å². The summed E-state index contributed by atoms with van der Waals surface area (Å²) in [4.78, 5) is 4.29. The van der Waals surface area contributed by atoms with Gasteiger partial charge in [0, 0.05) is 17.8 Å². The van der Waals surface area contributed by atoms with E-state index in [0.717, 1.165) is 11.0 Å². The molecule has 0 amide bonds. The van der Waals surface area contributed by atoms with Gasteiger partial charge in [-0.1, -0.05) is 16.8 Å². The molecule has 1 atom stereocenters. The van der Waals surface area contributed by atoms with Crippen LogP contribution in [0.3, 0.4) is 0 Å². The molecule has 0 fully saturated rings. The molecule has 0 spiro atoms. The van der Waals surface area contributed by atoms with Crippen molar-refractivity contribution in [2.24, 2.45) is 5.73 Å². The summed E-state index contributed by atoms with van der Waals surface area (Å²) < 4.78 is 10.9. The quantitative estimate of drug-likeness (QED) is 0.780. The number of aryl methyl sites for hydroxylation is 1. The number of rotatable bonds is 3. The lowest BCUT2D eigenvalue weighted by Crippen LogP contribution is -2.18. The molecule has 98 valence electrons. The number of benzene rings is 1. The summed E-state index contributed by atoms with van der Waals surface area (Å²) >= 11 is 0. The second-order valence-corrected chi connectivity index (χ2v) is 4.85. The maximum absolute atomic E-state index is 5.71. The van der Waals surface area contributed by atoms with E-state index >= 15 is 0 Å². The summed E-state index contributed by atoms with van der Waals surface area (Å²) in [6, 6.07) is 7.91. The molecule has 5 nitrogen and oxygen atoms in total. The van der Waals surface area contributed by atoms with Gasteiger partial charge < -0.3 is 14.7 Å². The molecule has 0 bridgehead atoms. The molecule has 1 unspecified atom stereocenters. The summed E-state index contributed by atoms with van der Waals surface area (Å²) in [6.07, 6.45) is 0.586. The van der Waals surface area contributed by atoms with Crippen LogP contribution in [-0.2, 0) is 6.42 Å². The van der Waals surface area contributed by atoms with Crippen LogP contribution in [-0.4, -0.2) is 16.2 Å². The monoisotopic (exact) mass is 257 g/mol. The number of hydrogen-bond donors (Lipinski definition) is 1. The molecule has 19 heavy (non-hydrogen) atoms. The van der Waals surface area contributed by atoms with Gasteiger partial charge >= 0.3 is 0 Å². The molecule has 2 heterocycles. The Hall–Kier alpha value is -2.14.